The number of hydrogen-bond donors (Lipinski definition) is 1. The quantitative estimate of drug-likeness (QED) is 0.877. The minimum Gasteiger partial charge on any atom is -0.486 e. The Bertz CT molecular complexity index is 525. The van der Waals surface area contributed by atoms with E-state index in [2.05, 4.69) is 4.98 Å². The van der Waals surface area contributed by atoms with Crippen LogP contribution in [0, 0.1) is 0 Å². The monoisotopic (exact) mass is 284 g/mol. The Labute approximate surface area is 113 Å². The van der Waals surface area contributed by atoms with E-state index in [9.17, 15) is 0 Å². The summed E-state index contributed by atoms with van der Waals surface area (Å²) in [4.78, 5) is 4.55. The minimum atomic E-state index is 0.305. The van der Waals surface area contributed by atoms with Gasteiger partial charge in [-0.3, -0.25) is 0 Å². The molecule has 88 valence electrons. The fourth-order valence-electron chi connectivity index (χ4n) is 1.17. The molecule has 0 radical (unpaired) electrons. The van der Waals surface area contributed by atoms with Crippen LogP contribution in [-0.4, -0.2) is 9.97 Å². The van der Waals surface area contributed by atoms with Crippen LogP contribution in [-0.2, 0) is 6.61 Å². The zero-order valence-corrected chi connectivity index (χ0v) is 11.1. The highest BCUT2D eigenvalue weighted by molar-refractivity contribution is 7.80. The van der Waals surface area contributed by atoms with Crippen molar-refractivity contribution in [2.45, 2.75) is 6.61 Å². The average molecular weight is 285 g/mol. The fraction of sp³-hybridized carbons (Fsp3) is 0.0909. The van der Waals surface area contributed by atoms with Gasteiger partial charge in [-0.25, -0.2) is 4.98 Å². The van der Waals surface area contributed by atoms with Crippen LogP contribution in [0.3, 0.4) is 0 Å². The van der Waals surface area contributed by atoms with Gasteiger partial charge in [-0.05, 0) is 24.3 Å². The van der Waals surface area contributed by atoms with Crippen LogP contribution in [0.25, 0.3) is 0 Å². The lowest BCUT2D eigenvalue weighted by Gasteiger charge is -2.03. The van der Waals surface area contributed by atoms with E-state index in [0.717, 1.165) is 10.8 Å². The molecular formula is C11H9ClN2OS2. The van der Waals surface area contributed by atoms with Crippen molar-refractivity contribution in [3.8, 4) is 5.75 Å². The van der Waals surface area contributed by atoms with E-state index >= 15 is 0 Å². The molecule has 3 nitrogen and oxygen atoms in total. The molecule has 2 aromatic rings. The van der Waals surface area contributed by atoms with Gasteiger partial charge in [0.1, 0.15) is 28.0 Å². The van der Waals surface area contributed by atoms with E-state index in [4.69, 9.17) is 34.3 Å². The van der Waals surface area contributed by atoms with Gasteiger partial charge in [-0.15, -0.1) is 11.3 Å². The van der Waals surface area contributed by atoms with Crippen LogP contribution in [0.2, 0.25) is 5.02 Å². The standard InChI is InChI=1S/C11H9ClN2OS2/c12-7-1-3-8(4-2-7)15-5-10-14-9(6-17-10)11(13)16/h1-4,6H,5H2,(H2,13,16). The second kappa shape index (κ2) is 5.44. The maximum atomic E-state index is 5.77. The van der Waals surface area contributed by atoms with E-state index in [-0.39, 0.29) is 0 Å². The Kier molecular flexibility index (Phi) is 3.93. The Hall–Kier alpha value is -1.17. The van der Waals surface area contributed by atoms with Crippen LogP contribution < -0.4 is 10.5 Å². The number of rotatable bonds is 4. The van der Waals surface area contributed by atoms with Gasteiger partial charge in [-0.2, -0.15) is 0 Å². The molecule has 0 aliphatic rings. The Balaban J connectivity index is 1.97. The molecule has 6 heteroatoms. The van der Waals surface area contributed by atoms with Crippen molar-refractivity contribution >= 4 is 40.1 Å². The molecule has 17 heavy (non-hydrogen) atoms. The van der Waals surface area contributed by atoms with Crippen molar-refractivity contribution in [3.63, 3.8) is 0 Å². The summed E-state index contributed by atoms with van der Waals surface area (Å²) in [6, 6.07) is 7.17. The molecule has 0 aliphatic carbocycles. The highest BCUT2D eigenvalue weighted by Gasteiger charge is 2.04. The number of nitrogens with zero attached hydrogens (tertiary/aromatic N) is 1. The third-order valence-corrected chi connectivity index (χ3v) is 3.26. The fourth-order valence-corrected chi connectivity index (χ4v) is 2.18. The smallest absolute Gasteiger partial charge is 0.140 e. The largest absolute Gasteiger partial charge is 0.486 e. The second-order valence-electron chi connectivity index (χ2n) is 3.23. The van der Waals surface area contributed by atoms with Crippen molar-refractivity contribution in [3.05, 3.63) is 45.4 Å². The van der Waals surface area contributed by atoms with Crippen molar-refractivity contribution in [2.75, 3.05) is 0 Å². The number of hydrogen-bond acceptors (Lipinski definition) is 4. The first-order chi connectivity index (χ1) is 8.15. The lowest BCUT2D eigenvalue weighted by atomic mass is 10.3. The summed E-state index contributed by atoms with van der Waals surface area (Å²) in [6.07, 6.45) is 0. The first-order valence-corrected chi connectivity index (χ1v) is 6.44. The lowest BCUT2D eigenvalue weighted by molar-refractivity contribution is 0.305. The summed E-state index contributed by atoms with van der Waals surface area (Å²) in [5.41, 5.74) is 6.11. The molecule has 0 spiro atoms. The molecule has 0 aliphatic heterocycles. The molecular weight excluding hydrogens is 276 g/mol. The molecule has 2 rings (SSSR count). The van der Waals surface area contributed by atoms with Crippen LogP contribution >= 0.6 is 35.2 Å². The molecule has 0 amide bonds. The molecule has 0 unspecified atom stereocenters. The van der Waals surface area contributed by atoms with Crippen LogP contribution in [0.4, 0.5) is 0 Å². The molecule has 0 fully saturated rings. The highest BCUT2D eigenvalue weighted by atomic mass is 35.5. The number of thiocarbonyl (C=S) groups is 1. The molecule has 0 saturated carbocycles. The third kappa shape index (κ3) is 3.39. The normalized spacial score (nSPS) is 10.2. The molecule has 1 heterocycles. The van der Waals surface area contributed by atoms with E-state index < -0.39 is 0 Å². The number of benzene rings is 1. The summed E-state index contributed by atoms with van der Waals surface area (Å²) in [7, 11) is 0. The van der Waals surface area contributed by atoms with Gasteiger partial charge < -0.3 is 10.5 Å². The number of ether oxygens (including phenoxy) is 1. The zero-order valence-electron chi connectivity index (χ0n) is 8.72. The van der Waals surface area contributed by atoms with Gasteiger partial charge in [0.25, 0.3) is 0 Å². The maximum Gasteiger partial charge on any atom is 0.140 e. The second-order valence-corrected chi connectivity index (χ2v) is 5.05. The Morgan fingerprint density at radius 3 is 2.71 bits per heavy atom. The number of aromatic nitrogens is 1. The molecule has 1 aromatic carbocycles. The summed E-state index contributed by atoms with van der Waals surface area (Å²) in [5, 5.41) is 3.34. The van der Waals surface area contributed by atoms with Crippen molar-refractivity contribution < 1.29 is 4.74 Å². The van der Waals surface area contributed by atoms with Gasteiger partial charge >= 0.3 is 0 Å². The van der Waals surface area contributed by atoms with Crippen LogP contribution in [0.15, 0.2) is 29.6 Å². The maximum absolute atomic E-state index is 5.77. The number of nitrogens with two attached hydrogens (primary N) is 1. The Morgan fingerprint density at radius 1 is 1.41 bits per heavy atom. The van der Waals surface area contributed by atoms with Gasteiger partial charge in [0, 0.05) is 10.4 Å². The van der Waals surface area contributed by atoms with Crippen LogP contribution in [0.5, 0.6) is 5.75 Å². The topological polar surface area (TPSA) is 48.1 Å². The van der Waals surface area contributed by atoms with Gasteiger partial charge in [0.05, 0.1) is 0 Å². The van der Waals surface area contributed by atoms with Crippen molar-refractivity contribution in [1.29, 1.82) is 0 Å². The van der Waals surface area contributed by atoms with E-state index in [1.165, 1.54) is 11.3 Å². The third-order valence-electron chi connectivity index (χ3n) is 1.98. The lowest BCUT2D eigenvalue weighted by Crippen LogP contribution is -2.09. The zero-order chi connectivity index (χ0) is 12.3. The SMILES string of the molecule is NC(=S)c1csc(COc2ccc(Cl)cc2)n1. The van der Waals surface area contributed by atoms with E-state index in [0.29, 0.717) is 22.3 Å². The minimum absolute atomic E-state index is 0.305. The van der Waals surface area contributed by atoms with Crippen molar-refractivity contribution in [1.82, 2.24) is 4.98 Å². The molecule has 2 N–H and O–H groups in total. The first-order valence-electron chi connectivity index (χ1n) is 4.78. The molecule has 0 saturated heterocycles. The summed E-state index contributed by atoms with van der Waals surface area (Å²) < 4.78 is 5.55. The molecule has 0 bridgehead atoms. The van der Waals surface area contributed by atoms with Crippen LogP contribution in [0.1, 0.15) is 10.7 Å². The summed E-state index contributed by atoms with van der Waals surface area (Å²) >= 11 is 12.1. The molecule has 1 aromatic heterocycles. The first kappa shape index (κ1) is 12.3. The Morgan fingerprint density at radius 2 is 2.12 bits per heavy atom. The molecule has 0 atom stereocenters. The predicted molar refractivity (Wildman–Crippen MR) is 73.8 cm³/mol. The van der Waals surface area contributed by atoms with E-state index in [1.807, 2.05) is 17.5 Å². The average Bonchev–Trinajstić information content (AvgIpc) is 2.77. The highest BCUT2D eigenvalue weighted by Crippen LogP contribution is 2.18. The van der Waals surface area contributed by atoms with Gasteiger partial charge in [-0.1, -0.05) is 23.8 Å². The summed E-state index contributed by atoms with van der Waals surface area (Å²) in [6.45, 7) is 0.398. The summed E-state index contributed by atoms with van der Waals surface area (Å²) in [5.74, 6) is 0.751. The number of thiazole rings is 1. The van der Waals surface area contributed by atoms with E-state index in [1.54, 1.807) is 12.1 Å². The van der Waals surface area contributed by atoms with Crippen molar-refractivity contribution in [2.24, 2.45) is 5.73 Å². The van der Waals surface area contributed by atoms with Gasteiger partial charge in [0.2, 0.25) is 0 Å². The number of halogens is 1. The van der Waals surface area contributed by atoms with Gasteiger partial charge in [0.15, 0.2) is 0 Å². The predicted octanol–water partition coefficient (Wildman–Crippen LogP) is 3.01.